The monoisotopic (exact) mass is 149 g/mol. The van der Waals surface area contributed by atoms with Crippen molar-refractivity contribution in [2.45, 2.75) is 6.92 Å². The highest BCUT2D eigenvalue weighted by molar-refractivity contribution is 5.19. The van der Waals surface area contributed by atoms with E-state index in [-0.39, 0.29) is 6.01 Å². The normalized spacial score (nSPS) is 8.73. The van der Waals surface area contributed by atoms with Crippen molar-refractivity contribution < 1.29 is 4.74 Å². The molecule has 0 unspecified atom stereocenters. The summed E-state index contributed by atoms with van der Waals surface area (Å²) in [6.45, 7) is 2.34. The predicted molar refractivity (Wildman–Crippen MR) is 37.9 cm³/mol. The van der Waals surface area contributed by atoms with Crippen LogP contribution in [0.2, 0.25) is 0 Å². The molecule has 1 aromatic rings. The summed E-state index contributed by atoms with van der Waals surface area (Å²) in [5.41, 5.74) is 0.323. The van der Waals surface area contributed by atoms with Crippen molar-refractivity contribution in [1.82, 2.24) is 9.97 Å². The maximum Gasteiger partial charge on any atom is 0.317 e. The Kier molecular flexibility index (Phi) is 2.39. The van der Waals surface area contributed by atoms with Crippen molar-refractivity contribution in [3.05, 3.63) is 18.0 Å². The molecule has 0 aliphatic carbocycles. The topological polar surface area (TPSA) is 58.8 Å². The lowest BCUT2D eigenvalue weighted by molar-refractivity contribution is 0.312. The number of nitriles is 1. The van der Waals surface area contributed by atoms with Gasteiger partial charge in [-0.2, -0.15) is 10.2 Å². The van der Waals surface area contributed by atoms with E-state index in [4.69, 9.17) is 10.00 Å². The van der Waals surface area contributed by atoms with E-state index in [1.165, 1.54) is 12.3 Å². The number of ether oxygens (including phenoxy) is 1. The van der Waals surface area contributed by atoms with Gasteiger partial charge in [0.15, 0.2) is 0 Å². The van der Waals surface area contributed by atoms with Gasteiger partial charge in [-0.25, -0.2) is 4.98 Å². The van der Waals surface area contributed by atoms with Crippen LogP contribution in [0, 0.1) is 11.3 Å². The summed E-state index contributed by atoms with van der Waals surface area (Å²) >= 11 is 0. The van der Waals surface area contributed by atoms with E-state index in [1.807, 2.05) is 13.0 Å². The number of nitrogens with zero attached hydrogens (tertiary/aromatic N) is 3. The van der Waals surface area contributed by atoms with Crippen molar-refractivity contribution in [1.29, 1.82) is 5.26 Å². The Bertz CT molecular complexity index is 279. The van der Waals surface area contributed by atoms with Crippen LogP contribution in [-0.4, -0.2) is 16.6 Å². The van der Waals surface area contributed by atoms with E-state index in [0.717, 1.165) is 0 Å². The molecule has 0 aliphatic heterocycles. The Hall–Kier alpha value is -1.63. The quantitative estimate of drug-likeness (QED) is 0.622. The van der Waals surface area contributed by atoms with Gasteiger partial charge in [0.05, 0.1) is 6.61 Å². The smallest absolute Gasteiger partial charge is 0.317 e. The highest BCUT2D eigenvalue weighted by Crippen LogP contribution is 2.00. The van der Waals surface area contributed by atoms with Crippen LogP contribution < -0.4 is 4.74 Å². The first kappa shape index (κ1) is 7.48. The van der Waals surface area contributed by atoms with Crippen molar-refractivity contribution in [2.75, 3.05) is 6.61 Å². The SMILES string of the molecule is CCOc1nccc(C#N)n1. The van der Waals surface area contributed by atoms with E-state index in [2.05, 4.69) is 9.97 Å². The van der Waals surface area contributed by atoms with Crippen LogP contribution >= 0.6 is 0 Å². The van der Waals surface area contributed by atoms with Gasteiger partial charge >= 0.3 is 6.01 Å². The van der Waals surface area contributed by atoms with Gasteiger partial charge in [0.2, 0.25) is 0 Å². The third kappa shape index (κ3) is 1.90. The maximum absolute atomic E-state index is 8.43. The van der Waals surface area contributed by atoms with Gasteiger partial charge in [0.25, 0.3) is 0 Å². The Morgan fingerprint density at radius 1 is 1.73 bits per heavy atom. The lowest BCUT2D eigenvalue weighted by Crippen LogP contribution is -1.97. The molecule has 1 rings (SSSR count). The standard InChI is InChI=1S/C7H7N3O/c1-2-11-7-9-4-3-6(5-8)10-7/h3-4H,2H2,1H3. The molecule has 1 heterocycles. The van der Waals surface area contributed by atoms with Crippen molar-refractivity contribution in [3.63, 3.8) is 0 Å². The molecular formula is C7H7N3O. The number of aromatic nitrogens is 2. The average Bonchev–Trinajstić information content (AvgIpc) is 2.06. The molecule has 0 amide bonds. The summed E-state index contributed by atoms with van der Waals surface area (Å²) in [4.78, 5) is 7.58. The first-order valence-electron chi connectivity index (χ1n) is 3.22. The van der Waals surface area contributed by atoms with E-state index < -0.39 is 0 Å². The van der Waals surface area contributed by atoms with Gasteiger partial charge in [-0.1, -0.05) is 0 Å². The Morgan fingerprint density at radius 3 is 3.18 bits per heavy atom. The van der Waals surface area contributed by atoms with Crippen molar-refractivity contribution in [2.24, 2.45) is 0 Å². The molecule has 0 saturated carbocycles. The van der Waals surface area contributed by atoms with Gasteiger partial charge in [-0.05, 0) is 13.0 Å². The predicted octanol–water partition coefficient (Wildman–Crippen LogP) is 0.747. The number of hydrogen-bond acceptors (Lipinski definition) is 4. The summed E-state index contributed by atoms with van der Waals surface area (Å²) < 4.78 is 4.97. The van der Waals surface area contributed by atoms with E-state index in [9.17, 15) is 0 Å². The molecule has 0 aromatic carbocycles. The fourth-order valence-electron chi connectivity index (χ4n) is 0.602. The van der Waals surface area contributed by atoms with E-state index >= 15 is 0 Å². The van der Waals surface area contributed by atoms with Gasteiger partial charge in [-0.15, -0.1) is 0 Å². The Balaban J connectivity index is 2.85. The molecule has 0 aliphatic rings. The van der Waals surface area contributed by atoms with Crippen LogP contribution in [0.1, 0.15) is 12.6 Å². The minimum Gasteiger partial charge on any atom is -0.464 e. The van der Waals surface area contributed by atoms with Gasteiger partial charge in [-0.3, -0.25) is 0 Å². The van der Waals surface area contributed by atoms with Crippen LogP contribution in [0.3, 0.4) is 0 Å². The average molecular weight is 149 g/mol. The third-order valence-corrected chi connectivity index (χ3v) is 1.02. The maximum atomic E-state index is 8.43. The molecule has 0 spiro atoms. The first-order chi connectivity index (χ1) is 5.36. The zero-order valence-electron chi connectivity index (χ0n) is 6.11. The molecule has 0 saturated heterocycles. The molecule has 0 radical (unpaired) electrons. The van der Waals surface area contributed by atoms with Gasteiger partial charge in [0, 0.05) is 6.20 Å². The lowest BCUT2D eigenvalue weighted by Gasteiger charge is -1.97. The summed E-state index contributed by atoms with van der Waals surface area (Å²) in [5.74, 6) is 0. The minimum atomic E-state index is 0.256. The molecular weight excluding hydrogens is 142 g/mol. The second-order valence-corrected chi connectivity index (χ2v) is 1.77. The number of rotatable bonds is 2. The third-order valence-electron chi connectivity index (χ3n) is 1.02. The second kappa shape index (κ2) is 3.52. The van der Waals surface area contributed by atoms with Crippen molar-refractivity contribution in [3.8, 4) is 12.1 Å². The molecule has 0 bridgehead atoms. The molecule has 0 N–H and O–H groups in total. The lowest BCUT2D eigenvalue weighted by atomic mass is 10.4. The fraction of sp³-hybridized carbons (Fsp3) is 0.286. The van der Waals surface area contributed by atoms with Crippen LogP contribution in [-0.2, 0) is 0 Å². The summed E-state index contributed by atoms with van der Waals surface area (Å²) in [7, 11) is 0. The molecule has 56 valence electrons. The fourth-order valence-corrected chi connectivity index (χ4v) is 0.602. The molecule has 0 atom stereocenters. The zero-order valence-corrected chi connectivity index (χ0v) is 6.11. The molecule has 4 heteroatoms. The molecule has 4 nitrogen and oxygen atoms in total. The van der Waals surface area contributed by atoms with E-state index in [1.54, 1.807) is 0 Å². The highest BCUT2D eigenvalue weighted by Gasteiger charge is 1.96. The summed E-state index contributed by atoms with van der Waals surface area (Å²) in [5, 5.41) is 8.43. The number of hydrogen-bond donors (Lipinski definition) is 0. The summed E-state index contributed by atoms with van der Waals surface area (Å²) in [6, 6.07) is 3.68. The van der Waals surface area contributed by atoms with Crippen LogP contribution in [0.5, 0.6) is 6.01 Å². The second-order valence-electron chi connectivity index (χ2n) is 1.77. The highest BCUT2D eigenvalue weighted by atomic mass is 16.5. The van der Waals surface area contributed by atoms with Crippen LogP contribution in [0.4, 0.5) is 0 Å². The van der Waals surface area contributed by atoms with E-state index in [0.29, 0.717) is 12.3 Å². The Labute approximate surface area is 64.5 Å². The first-order valence-corrected chi connectivity index (χ1v) is 3.22. The van der Waals surface area contributed by atoms with Gasteiger partial charge in [0.1, 0.15) is 11.8 Å². The van der Waals surface area contributed by atoms with Gasteiger partial charge < -0.3 is 4.74 Å². The van der Waals surface area contributed by atoms with Crippen LogP contribution in [0.15, 0.2) is 12.3 Å². The van der Waals surface area contributed by atoms with Crippen molar-refractivity contribution >= 4 is 0 Å². The largest absolute Gasteiger partial charge is 0.464 e. The zero-order chi connectivity index (χ0) is 8.10. The molecule has 0 fully saturated rings. The summed E-state index contributed by atoms with van der Waals surface area (Å²) in [6.07, 6.45) is 1.50. The molecule has 1 aromatic heterocycles. The van der Waals surface area contributed by atoms with Crippen LogP contribution in [0.25, 0.3) is 0 Å². The minimum absolute atomic E-state index is 0.256. The molecule has 11 heavy (non-hydrogen) atoms. The Morgan fingerprint density at radius 2 is 2.55 bits per heavy atom.